The molecule has 3 aromatic rings. The Morgan fingerprint density at radius 2 is 2.07 bits per heavy atom. The molecule has 1 aromatic carbocycles. The van der Waals surface area contributed by atoms with Gasteiger partial charge in [-0.05, 0) is 44.0 Å². The van der Waals surface area contributed by atoms with Gasteiger partial charge in [0, 0.05) is 30.5 Å². The Hall–Kier alpha value is -3.62. The summed E-state index contributed by atoms with van der Waals surface area (Å²) in [6, 6.07) is 10.8. The molecule has 1 saturated carbocycles. The Bertz CT molecular complexity index is 1070. The van der Waals surface area contributed by atoms with E-state index in [1.54, 1.807) is 29.1 Å². The van der Waals surface area contributed by atoms with Crippen LogP contribution >= 0.6 is 0 Å². The van der Waals surface area contributed by atoms with Gasteiger partial charge in [0.25, 0.3) is 0 Å². The third-order valence-corrected chi connectivity index (χ3v) is 4.75. The molecule has 2 heterocycles. The summed E-state index contributed by atoms with van der Waals surface area (Å²) in [5.41, 5.74) is 1.23. The SMILES string of the molecule is CCOc1ccccc1NC(=O)NCCn1nc(-c2cccnc2)n(C2CC2)c1=O. The molecule has 0 bridgehead atoms. The quantitative estimate of drug-likeness (QED) is 0.596. The number of anilines is 1. The van der Waals surface area contributed by atoms with Crippen LogP contribution in [0.3, 0.4) is 0 Å². The highest BCUT2D eigenvalue weighted by Gasteiger charge is 2.30. The number of pyridine rings is 1. The van der Waals surface area contributed by atoms with Crippen LogP contribution in [0.15, 0.2) is 53.6 Å². The van der Waals surface area contributed by atoms with Gasteiger partial charge in [0.05, 0.1) is 18.8 Å². The fourth-order valence-corrected chi connectivity index (χ4v) is 3.21. The Labute approximate surface area is 173 Å². The van der Waals surface area contributed by atoms with Crippen LogP contribution in [0.1, 0.15) is 25.8 Å². The summed E-state index contributed by atoms with van der Waals surface area (Å²) in [5, 5.41) is 10.0. The molecule has 4 rings (SSSR count). The average Bonchev–Trinajstić information content (AvgIpc) is 3.54. The molecular weight excluding hydrogens is 384 g/mol. The number of carbonyl (C=O) groups excluding carboxylic acids is 1. The minimum absolute atomic E-state index is 0.166. The van der Waals surface area contributed by atoms with Gasteiger partial charge >= 0.3 is 11.7 Å². The van der Waals surface area contributed by atoms with E-state index in [1.165, 1.54) is 4.68 Å². The van der Waals surface area contributed by atoms with Gasteiger partial charge in [0.15, 0.2) is 5.82 Å². The molecule has 156 valence electrons. The molecule has 0 saturated heterocycles. The van der Waals surface area contributed by atoms with E-state index in [-0.39, 0.29) is 30.9 Å². The van der Waals surface area contributed by atoms with E-state index >= 15 is 0 Å². The van der Waals surface area contributed by atoms with Crippen LogP contribution in [-0.2, 0) is 6.54 Å². The summed E-state index contributed by atoms with van der Waals surface area (Å²) in [6.07, 6.45) is 5.33. The molecule has 0 aliphatic heterocycles. The number of benzene rings is 1. The molecule has 30 heavy (non-hydrogen) atoms. The first-order chi connectivity index (χ1) is 14.7. The number of hydrogen-bond acceptors (Lipinski definition) is 5. The van der Waals surface area contributed by atoms with Crippen molar-refractivity contribution in [1.29, 1.82) is 0 Å². The zero-order valence-electron chi connectivity index (χ0n) is 16.7. The van der Waals surface area contributed by atoms with Crippen LogP contribution in [-0.4, -0.2) is 38.5 Å². The highest BCUT2D eigenvalue weighted by molar-refractivity contribution is 5.90. The molecule has 0 spiro atoms. The third-order valence-electron chi connectivity index (χ3n) is 4.75. The summed E-state index contributed by atoms with van der Waals surface area (Å²) in [5.74, 6) is 1.22. The maximum atomic E-state index is 12.8. The van der Waals surface area contributed by atoms with Gasteiger partial charge in [0.2, 0.25) is 0 Å². The lowest BCUT2D eigenvalue weighted by atomic mass is 10.3. The summed E-state index contributed by atoms with van der Waals surface area (Å²) >= 11 is 0. The summed E-state index contributed by atoms with van der Waals surface area (Å²) in [6.45, 7) is 2.92. The lowest BCUT2D eigenvalue weighted by molar-refractivity contribution is 0.251. The van der Waals surface area contributed by atoms with Gasteiger partial charge in [-0.25, -0.2) is 14.3 Å². The molecular formula is C21H24N6O3. The standard InChI is InChI=1S/C21H24N6O3/c1-2-30-18-8-4-3-7-17(18)24-20(28)23-12-13-26-21(29)27(16-9-10-16)19(25-26)15-6-5-11-22-14-15/h3-8,11,14,16H,2,9-10,12-13H2,1H3,(H2,23,24,28). The van der Waals surface area contributed by atoms with Gasteiger partial charge in [-0.1, -0.05) is 12.1 Å². The highest BCUT2D eigenvalue weighted by atomic mass is 16.5. The summed E-state index contributed by atoms with van der Waals surface area (Å²) in [4.78, 5) is 29.2. The number of para-hydroxylation sites is 2. The zero-order chi connectivity index (χ0) is 20.9. The van der Waals surface area contributed by atoms with Crippen molar-refractivity contribution >= 4 is 11.7 Å². The number of amides is 2. The first-order valence-electron chi connectivity index (χ1n) is 10.0. The molecule has 1 fully saturated rings. The number of carbonyl (C=O) groups is 1. The molecule has 0 atom stereocenters. The predicted octanol–water partition coefficient (Wildman–Crippen LogP) is 2.66. The van der Waals surface area contributed by atoms with Crippen molar-refractivity contribution in [3.8, 4) is 17.1 Å². The first-order valence-corrected chi connectivity index (χ1v) is 10.0. The van der Waals surface area contributed by atoms with E-state index in [1.807, 2.05) is 31.2 Å². The fourth-order valence-electron chi connectivity index (χ4n) is 3.21. The molecule has 2 N–H and O–H groups in total. The largest absolute Gasteiger partial charge is 0.492 e. The van der Waals surface area contributed by atoms with Crippen molar-refractivity contribution in [2.24, 2.45) is 0 Å². The van der Waals surface area contributed by atoms with Crippen molar-refractivity contribution in [3.63, 3.8) is 0 Å². The second-order valence-corrected chi connectivity index (χ2v) is 6.98. The van der Waals surface area contributed by atoms with Gasteiger partial charge in [-0.2, -0.15) is 0 Å². The van der Waals surface area contributed by atoms with Gasteiger partial charge in [-0.15, -0.1) is 5.10 Å². The van der Waals surface area contributed by atoms with Crippen molar-refractivity contribution < 1.29 is 9.53 Å². The maximum absolute atomic E-state index is 12.8. The van der Waals surface area contributed by atoms with Crippen LogP contribution in [0, 0.1) is 0 Å². The van der Waals surface area contributed by atoms with E-state index in [0.717, 1.165) is 18.4 Å². The van der Waals surface area contributed by atoms with E-state index in [9.17, 15) is 9.59 Å². The lowest BCUT2D eigenvalue weighted by Gasteiger charge is -2.11. The van der Waals surface area contributed by atoms with Crippen LogP contribution < -0.4 is 21.1 Å². The van der Waals surface area contributed by atoms with E-state index in [2.05, 4.69) is 20.7 Å². The number of nitrogens with one attached hydrogen (secondary N) is 2. The molecule has 1 aliphatic rings. The van der Waals surface area contributed by atoms with Gasteiger partial charge < -0.3 is 15.4 Å². The van der Waals surface area contributed by atoms with Crippen molar-refractivity contribution in [1.82, 2.24) is 24.6 Å². The summed E-state index contributed by atoms with van der Waals surface area (Å²) < 4.78 is 8.64. The minimum atomic E-state index is -0.371. The average molecular weight is 408 g/mol. The molecule has 9 heteroatoms. The number of nitrogens with zero attached hydrogens (tertiary/aromatic N) is 4. The van der Waals surface area contributed by atoms with Crippen LogP contribution in [0.25, 0.3) is 11.4 Å². The van der Waals surface area contributed by atoms with E-state index < -0.39 is 0 Å². The number of urea groups is 1. The highest BCUT2D eigenvalue weighted by Crippen LogP contribution is 2.36. The van der Waals surface area contributed by atoms with Crippen LogP contribution in [0.2, 0.25) is 0 Å². The van der Waals surface area contributed by atoms with E-state index in [4.69, 9.17) is 4.74 Å². The van der Waals surface area contributed by atoms with Gasteiger partial charge in [-0.3, -0.25) is 9.55 Å². The number of hydrogen-bond donors (Lipinski definition) is 2. The Morgan fingerprint density at radius 3 is 2.80 bits per heavy atom. The molecule has 0 radical (unpaired) electrons. The number of ether oxygens (including phenoxy) is 1. The molecule has 9 nitrogen and oxygen atoms in total. The summed E-state index contributed by atoms with van der Waals surface area (Å²) in [7, 11) is 0. The topological polar surface area (TPSA) is 103 Å². The molecule has 1 aliphatic carbocycles. The first kappa shape index (κ1) is 19.7. The zero-order valence-corrected chi connectivity index (χ0v) is 16.7. The van der Waals surface area contributed by atoms with Gasteiger partial charge in [0.1, 0.15) is 5.75 Å². The van der Waals surface area contributed by atoms with Crippen molar-refractivity contribution in [2.75, 3.05) is 18.5 Å². The Morgan fingerprint density at radius 1 is 1.23 bits per heavy atom. The fraction of sp³-hybridized carbons (Fsp3) is 0.333. The second kappa shape index (κ2) is 8.81. The number of rotatable bonds is 8. The third kappa shape index (κ3) is 4.35. The van der Waals surface area contributed by atoms with Crippen molar-refractivity contribution in [2.45, 2.75) is 32.4 Å². The van der Waals surface area contributed by atoms with E-state index in [0.29, 0.717) is 23.9 Å². The smallest absolute Gasteiger partial charge is 0.346 e. The predicted molar refractivity (Wildman–Crippen MR) is 113 cm³/mol. The Balaban J connectivity index is 1.41. The van der Waals surface area contributed by atoms with Crippen LogP contribution in [0.4, 0.5) is 10.5 Å². The number of aromatic nitrogens is 4. The van der Waals surface area contributed by atoms with Crippen LogP contribution in [0.5, 0.6) is 5.75 Å². The monoisotopic (exact) mass is 408 g/mol. The Kier molecular flexibility index (Phi) is 5.78. The maximum Gasteiger partial charge on any atom is 0.346 e. The lowest BCUT2D eigenvalue weighted by Crippen LogP contribution is -2.34. The minimum Gasteiger partial charge on any atom is -0.492 e. The molecule has 0 unspecified atom stereocenters. The second-order valence-electron chi connectivity index (χ2n) is 6.98. The molecule has 2 amide bonds. The van der Waals surface area contributed by atoms with Crippen molar-refractivity contribution in [3.05, 3.63) is 59.3 Å². The molecule has 2 aromatic heterocycles. The normalized spacial score (nSPS) is 13.1.